The number of thioether (sulfide) groups is 1. The molecule has 3 nitrogen and oxygen atoms in total. The topological polar surface area (TPSA) is 27.6 Å². The van der Waals surface area contributed by atoms with Gasteiger partial charge in [-0.25, -0.2) is 0 Å². The largest absolute Gasteiger partial charge is 0.361 e. The van der Waals surface area contributed by atoms with E-state index in [1.807, 2.05) is 11.8 Å². The van der Waals surface area contributed by atoms with Crippen LogP contribution in [0, 0.1) is 11.8 Å². The lowest BCUT2D eigenvalue weighted by molar-refractivity contribution is 0.198. The first kappa shape index (κ1) is 14.2. The van der Waals surface area contributed by atoms with Crippen LogP contribution in [-0.2, 0) is 0 Å². The summed E-state index contributed by atoms with van der Waals surface area (Å²) in [6.07, 6.45) is 2.47. The molecule has 1 N–H and O–H groups in total. The molecule has 104 valence electrons. The molecule has 0 aliphatic carbocycles. The molecule has 0 radical (unpaired) electrons. The van der Waals surface area contributed by atoms with E-state index in [0.29, 0.717) is 18.0 Å². The third-order valence-corrected chi connectivity index (χ3v) is 4.92. The average Bonchev–Trinajstić information content (AvgIpc) is 2.69. The van der Waals surface area contributed by atoms with E-state index in [2.05, 4.69) is 38.0 Å². The second-order valence-electron chi connectivity index (χ2n) is 6.31. The third-order valence-electron chi connectivity index (χ3n) is 3.85. The highest BCUT2D eigenvalue weighted by Gasteiger charge is 2.26. The molecule has 0 saturated carbocycles. The molecular weight excluding hydrogens is 242 g/mol. The van der Waals surface area contributed by atoms with E-state index in [1.54, 1.807) is 0 Å². The molecule has 0 aromatic heterocycles. The van der Waals surface area contributed by atoms with Crippen LogP contribution in [0.4, 0.5) is 0 Å². The quantitative estimate of drug-likeness (QED) is 0.853. The molecule has 0 aromatic carbocycles. The summed E-state index contributed by atoms with van der Waals surface area (Å²) in [5.74, 6) is 2.64. The van der Waals surface area contributed by atoms with E-state index in [4.69, 9.17) is 4.99 Å². The lowest BCUT2D eigenvalue weighted by Crippen LogP contribution is -2.39. The fraction of sp³-hybridized carbons (Fsp3) is 0.929. The summed E-state index contributed by atoms with van der Waals surface area (Å²) in [4.78, 5) is 7.36. The van der Waals surface area contributed by atoms with Gasteiger partial charge in [-0.15, -0.1) is 0 Å². The lowest BCUT2D eigenvalue weighted by atomic mass is 9.95. The molecule has 2 heterocycles. The van der Waals surface area contributed by atoms with Crippen molar-refractivity contribution in [3.63, 3.8) is 0 Å². The van der Waals surface area contributed by atoms with Gasteiger partial charge in [0.05, 0.1) is 6.04 Å². The van der Waals surface area contributed by atoms with Crippen LogP contribution in [0.1, 0.15) is 33.6 Å². The number of nitrogens with zero attached hydrogens (tertiary/aromatic N) is 2. The van der Waals surface area contributed by atoms with Crippen molar-refractivity contribution in [2.45, 2.75) is 45.7 Å². The Kier molecular flexibility index (Phi) is 4.96. The number of likely N-dealkylation sites (tertiary alicyclic amines) is 1. The van der Waals surface area contributed by atoms with Crippen LogP contribution < -0.4 is 5.32 Å². The molecule has 3 unspecified atom stereocenters. The molecule has 2 aliphatic rings. The molecule has 0 bridgehead atoms. The van der Waals surface area contributed by atoms with Crippen molar-refractivity contribution in [2.24, 2.45) is 16.8 Å². The van der Waals surface area contributed by atoms with Gasteiger partial charge >= 0.3 is 0 Å². The van der Waals surface area contributed by atoms with E-state index in [0.717, 1.165) is 5.92 Å². The Balaban J connectivity index is 1.86. The highest BCUT2D eigenvalue weighted by molar-refractivity contribution is 8.14. The predicted molar refractivity (Wildman–Crippen MR) is 81.3 cm³/mol. The minimum Gasteiger partial charge on any atom is -0.361 e. The fourth-order valence-electron chi connectivity index (χ4n) is 2.89. The second-order valence-corrected chi connectivity index (χ2v) is 7.32. The number of hydrogen-bond acceptors (Lipinski definition) is 3. The van der Waals surface area contributed by atoms with Gasteiger partial charge in [0.15, 0.2) is 5.17 Å². The first-order chi connectivity index (χ1) is 8.54. The third kappa shape index (κ3) is 3.89. The van der Waals surface area contributed by atoms with Crippen LogP contribution in [0.2, 0.25) is 0 Å². The van der Waals surface area contributed by atoms with Crippen LogP contribution >= 0.6 is 11.8 Å². The molecule has 0 spiro atoms. The maximum atomic E-state index is 4.95. The van der Waals surface area contributed by atoms with Gasteiger partial charge in [-0.1, -0.05) is 32.5 Å². The maximum Gasteiger partial charge on any atom is 0.157 e. The van der Waals surface area contributed by atoms with Gasteiger partial charge in [0.25, 0.3) is 0 Å². The van der Waals surface area contributed by atoms with E-state index in [-0.39, 0.29) is 0 Å². The van der Waals surface area contributed by atoms with Crippen molar-refractivity contribution in [2.75, 3.05) is 25.9 Å². The smallest absolute Gasteiger partial charge is 0.157 e. The van der Waals surface area contributed by atoms with Crippen LogP contribution in [0.15, 0.2) is 4.99 Å². The Bertz CT molecular complexity index is 303. The summed E-state index contributed by atoms with van der Waals surface area (Å²) >= 11 is 1.91. The highest BCUT2D eigenvalue weighted by atomic mass is 32.2. The number of rotatable bonds is 3. The Morgan fingerprint density at radius 2 is 2.28 bits per heavy atom. The number of piperidine rings is 1. The summed E-state index contributed by atoms with van der Waals surface area (Å²) in [7, 11) is 2.21. The van der Waals surface area contributed by atoms with Crippen molar-refractivity contribution >= 4 is 16.9 Å². The number of nitrogens with one attached hydrogen (secondary N) is 1. The van der Waals surface area contributed by atoms with E-state index in [1.165, 1.54) is 36.9 Å². The van der Waals surface area contributed by atoms with Gasteiger partial charge in [-0.05, 0) is 38.3 Å². The van der Waals surface area contributed by atoms with Crippen molar-refractivity contribution in [1.82, 2.24) is 10.2 Å². The molecule has 0 aromatic rings. The Labute approximate surface area is 116 Å². The van der Waals surface area contributed by atoms with Gasteiger partial charge in [-0.3, -0.25) is 4.99 Å². The fourth-order valence-corrected chi connectivity index (χ4v) is 3.93. The van der Waals surface area contributed by atoms with E-state index >= 15 is 0 Å². The van der Waals surface area contributed by atoms with Crippen molar-refractivity contribution in [1.29, 1.82) is 0 Å². The van der Waals surface area contributed by atoms with Gasteiger partial charge in [0.1, 0.15) is 0 Å². The van der Waals surface area contributed by atoms with E-state index < -0.39 is 0 Å². The highest BCUT2D eigenvalue weighted by Crippen LogP contribution is 2.23. The SMILES string of the molecule is CC(C)CC1CSC(=NC2CCN(C)CC2C)N1. The first-order valence-corrected chi connectivity index (χ1v) is 8.19. The standard InChI is InChI=1S/C14H27N3S/c1-10(2)7-12-9-18-14(15-12)16-13-5-6-17(4)8-11(13)3/h10-13H,5-9H2,1-4H3,(H,15,16). The molecule has 18 heavy (non-hydrogen) atoms. The van der Waals surface area contributed by atoms with Gasteiger partial charge in [0.2, 0.25) is 0 Å². The van der Waals surface area contributed by atoms with E-state index in [9.17, 15) is 0 Å². The summed E-state index contributed by atoms with van der Waals surface area (Å²) in [5, 5.41) is 4.80. The molecular formula is C14H27N3S. The zero-order chi connectivity index (χ0) is 13.1. The van der Waals surface area contributed by atoms with Gasteiger partial charge in [0, 0.05) is 18.3 Å². The minimum absolute atomic E-state index is 0.522. The van der Waals surface area contributed by atoms with Crippen LogP contribution in [0.5, 0.6) is 0 Å². The zero-order valence-electron chi connectivity index (χ0n) is 12.1. The molecule has 0 amide bonds. The average molecular weight is 269 g/mol. The number of hydrogen-bond donors (Lipinski definition) is 1. The molecule has 2 saturated heterocycles. The summed E-state index contributed by atoms with van der Waals surface area (Å²) in [5.41, 5.74) is 0. The number of amidine groups is 1. The molecule has 2 rings (SSSR count). The monoisotopic (exact) mass is 269 g/mol. The minimum atomic E-state index is 0.522. The summed E-state index contributed by atoms with van der Waals surface area (Å²) in [6, 6.07) is 1.16. The maximum absolute atomic E-state index is 4.95. The Morgan fingerprint density at radius 3 is 2.94 bits per heavy atom. The van der Waals surface area contributed by atoms with Gasteiger partial charge < -0.3 is 10.2 Å². The van der Waals surface area contributed by atoms with Crippen LogP contribution in [0.3, 0.4) is 0 Å². The molecule has 2 aliphatic heterocycles. The summed E-state index contributed by atoms with van der Waals surface area (Å²) in [6.45, 7) is 9.28. The molecule has 4 heteroatoms. The Morgan fingerprint density at radius 1 is 1.50 bits per heavy atom. The Hall–Kier alpha value is -0.220. The van der Waals surface area contributed by atoms with Crippen molar-refractivity contribution in [3.8, 4) is 0 Å². The normalized spacial score (nSPS) is 36.3. The molecule has 2 fully saturated rings. The second kappa shape index (κ2) is 6.29. The lowest BCUT2D eigenvalue weighted by Gasteiger charge is -2.32. The van der Waals surface area contributed by atoms with Crippen LogP contribution in [-0.4, -0.2) is 48.0 Å². The first-order valence-electron chi connectivity index (χ1n) is 7.20. The van der Waals surface area contributed by atoms with Gasteiger partial charge in [-0.2, -0.15) is 0 Å². The van der Waals surface area contributed by atoms with Crippen LogP contribution in [0.25, 0.3) is 0 Å². The zero-order valence-corrected chi connectivity index (χ0v) is 13.0. The number of aliphatic imine (C=N–C) groups is 1. The molecule has 3 atom stereocenters. The van der Waals surface area contributed by atoms with Crippen molar-refractivity contribution < 1.29 is 0 Å². The predicted octanol–water partition coefficient (Wildman–Crippen LogP) is 2.43. The summed E-state index contributed by atoms with van der Waals surface area (Å²) < 4.78 is 0. The van der Waals surface area contributed by atoms with Crippen molar-refractivity contribution in [3.05, 3.63) is 0 Å².